The summed E-state index contributed by atoms with van der Waals surface area (Å²) in [6.45, 7) is 0. The minimum Gasteiger partial charge on any atom is -0.505 e. The number of hydrogen-bond acceptors (Lipinski definition) is 2. The number of nitrogens with two attached hydrogens (primary N) is 1. The first kappa shape index (κ1) is 14.0. The molecule has 1 atom stereocenters. The molecule has 2 aliphatic rings. The Bertz CT molecular complexity index is 544. The summed E-state index contributed by atoms with van der Waals surface area (Å²) in [7, 11) is 0. The number of benzene rings is 1. The summed E-state index contributed by atoms with van der Waals surface area (Å²) in [4.78, 5) is 0. The molecule has 3 N–H and O–H groups in total. The van der Waals surface area contributed by atoms with Gasteiger partial charge in [-0.1, -0.05) is 11.6 Å². The number of alkyl halides is 1. The number of aromatic hydroxyl groups is 1. The van der Waals surface area contributed by atoms with Crippen LogP contribution in [0.3, 0.4) is 0 Å². The Balaban J connectivity index is 2.06. The van der Waals surface area contributed by atoms with Crippen molar-refractivity contribution in [1.82, 2.24) is 0 Å². The third kappa shape index (κ3) is 1.83. The molecule has 1 unspecified atom stereocenters. The summed E-state index contributed by atoms with van der Waals surface area (Å²) in [6.07, 6.45) is 1.95. The molecule has 110 valence electrons. The quantitative estimate of drug-likeness (QED) is 0.811. The molecular weight excluding hydrogens is 291 g/mol. The van der Waals surface area contributed by atoms with Gasteiger partial charge in [0.25, 0.3) is 0 Å². The largest absolute Gasteiger partial charge is 0.505 e. The van der Waals surface area contributed by atoms with Gasteiger partial charge in [-0.3, -0.25) is 0 Å². The van der Waals surface area contributed by atoms with Crippen molar-refractivity contribution < 1.29 is 18.3 Å². The second-order valence-corrected chi connectivity index (χ2v) is 6.49. The zero-order valence-corrected chi connectivity index (χ0v) is 11.5. The summed E-state index contributed by atoms with van der Waals surface area (Å²) in [6, 6.07) is -0.199. The van der Waals surface area contributed by atoms with Crippen LogP contribution >= 0.6 is 11.6 Å². The predicted molar refractivity (Wildman–Crippen MR) is 69.3 cm³/mol. The number of phenols is 1. The zero-order valence-electron chi connectivity index (χ0n) is 10.7. The van der Waals surface area contributed by atoms with Crippen LogP contribution in [0.25, 0.3) is 0 Å². The SMILES string of the molecule is NC(c1c(F)c(O)cc(Cl)c1F)C12CCC(F)(CC1)C2. The van der Waals surface area contributed by atoms with E-state index < -0.39 is 40.1 Å². The summed E-state index contributed by atoms with van der Waals surface area (Å²) >= 11 is 5.64. The molecule has 0 saturated heterocycles. The van der Waals surface area contributed by atoms with Crippen LogP contribution in [0.2, 0.25) is 5.02 Å². The fourth-order valence-corrected chi connectivity index (χ4v) is 4.00. The second-order valence-electron chi connectivity index (χ2n) is 6.09. The monoisotopic (exact) mass is 305 g/mol. The molecule has 0 aliphatic heterocycles. The standard InChI is InChI=1S/C14H15ClF3NO/c15-7-5-8(20)11(17)9(10(7)16)12(19)13-1-3-14(18,6-13)4-2-13/h5,12,20H,1-4,6,19H2. The van der Waals surface area contributed by atoms with Crippen molar-refractivity contribution in [1.29, 1.82) is 0 Å². The molecule has 0 heterocycles. The number of hydrogen-bond donors (Lipinski definition) is 2. The fourth-order valence-electron chi connectivity index (χ4n) is 3.79. The van der Waals surface area contributed by atoms with Crippen LogP contribution in [0.4, 0.5) is 13.2 Å². The van der Waals surface area contributed by atoms with Gasteiger partial charge in [-0.25, -0.2) is 13.2 Å². The maximum atomic E-state index is 14.2. The number of halogens is 4. The summed E-state index contributed by atoms with van der Waals surface area (Å²) in [5.74, 6) is -2.80. The van der Waals surface area contributed by atoms with Gasteiger partial charge in [-0.15, -0.1) is 0 Å². The molecule has 2 aliphatic carbocycles. The van der Waals surface area contributed by atoms with E-state index in [1.807, 2.05) is 0 Å². The predicted octanol–water partition coefficient (Wildman–Crippen LogP) is 4.00. The van der Waals surface area contributed by atoms with E-state index in [1.54, 1.807) is 0 Å². The third-order valence-corrected chi connectivity index (χ3v) is 5.23. The van der Waals surface area contributed by atoms with Crippen LogP contribution in [-0.4, -0.2) is 10.8 Å². The highest BCUT2D eigenvalue weighted by Gasteiger charge is 2.58. The molecule has 2 fully saturated rings. The van der Waals surface area contributed by atoms with E-state index in [1.165, 1.54) is 0 Å². The lowest BCUT2D eigenvalue weighted by molar-refractivity contribution is 0.175. The van der Waals surface area contributed by atoms with Gasteiger partial charge < -0.3 is 10.8 Å². The van der Waals surface area contributed by atoms with Crippen LogP contribution in [0, 0.1) is 17.0 Å². The Kier molecular flexibility index (Phi) is 3.00. The van der Waals surface area contributed by atoms with Crippen molar-refractivity contribution >= 4 is 11.6 Å². The van der Waals surface area contributed by atoms with Gasteiger partial charge in [-0.2, -0.15) is 0 Å². The first-order valence-electron chi connectivity index (χ1n) is 6.59. The summed E-state index contributed by atoms with van der Waals surface area (Å²) in [5.41, 5.74) is 3.72. The Morgan fingerprint density at radius 3 is 2.30 bits per heavy atom. The number of phenolic OH excluding ortho intramolecular Hbond substituents is 1. The Morgan fingerprint density at radius 2 is 1.80 bits per heavy atom. The maximum Gasteiger partial charge on any atom is 0.172 e. The Morgan fingerprint density at radius 1 is 1.20 bits per heavy atom. The fraction of sp³-hybridized carbons (Fsp3) is 0.571. The molecule has 2 nitrogen and oxygen atoms in total. The van der Waals surface area contributed by atoms with Crippen molar-refractivity contribution in [2.24, 2.45) is 11.1 Å². The van der Waals surface area contributed by atoms with E-state index in [0.717, 1.165) is 6.07 Å². The minimum atomic E-state index is -1.26. The van der Waals surface area contributed by atoms with Gasteiger partial charge in [0.2, 0.25) is 0 Å². The Labute approximate surface area is 119 Å². The van der Waals surface area contributed by atoms with Crippen LogP contribution < -0.4 is 5.73 Å². The van der Waals surface area contributed by atoms with Gasteiger partial charge in [0.05, 0.1) is 5.02 Å². The molecule has 0 spiro atoms. The first-order chi connectivity index (χ1) is 9.28. The molecule has 2 bridgehead atoms. The van der Waals surface area contributed by atoms with Crippen LogP contribution in [0.15, 0.2) is 6.07 Å². The Hall–Kier alpha value is -0.940. The van der Waals surface area contributed by atoms with Gasteiger partial charge in [-0.05, 0) is 37.5 Å². The van der Waals surface area contributed by atoms with Gasteiger partial charge in [0.15, 0.2) is 11.6 Å². The molecule has 1 aromatic carbocycles. The summed E-state index contributed by atoms with van der Waals surface area (Å²) < 4.78 is 42.4. The average Bonchev–Trinajstić information content (AvgIpc) is 2.91. The van der Waals surface area contributed by atoms with Crippen molar-refractivity contribution in [3.8, 4) is 5.75 Å². The number of rotatable bonds is 2. The molecule has 6 heteroatoms. The van der Waals surface area contributed by atoms with Gasteiger partial charge >= 0.3 is 0 Å². The smallest absolute Gasteiger partial charge is 0.172 e. The lowest BCUT2D eigenvalue weighted by Crippen LogP contribution is -2.32. The first-order valence-corrected chi connectivity index (χ1v) is 6.97. The average molecular weight is 306 g/mol. The molecule has 3 rings (SSSR count). The van der Waals surface area contributed by atoms with Crippen LogP contribution in [0.5, 0.6) is 5.75 Å². The molecule has 0 radical (unpaired) electrons. The lowest BCUT2D eigenvalue weighted by atomic mass is 9.74. The minimum absolute atomic E-state index is 0.216. The zero-order chi connectivity index (χ0) is 14.7. The maximum absolute atomic E-state index is 14.2. The highest BCUT2D eigenvalue weighted by Crippen LogP contribution is 2.63. The molecule has 0 aromatic heterocycles. The van der Waals surface area contributed by atoms with Crippen LogP contribution in [0.1, 0.15) is 43.7 Å². The van der Waals surface area contributed by atoms with Crippen molar-refractivity contribution in [2.75, 3.05) is 0 Å². The normalized spacial score (nSPS) is 33.6. The van der Waals surface area contributed by atoms with E-state index in [0.29, 0.717) is 25.7 Å². The van der Waals surface area contributed by atoms with E-state index in [9.17, 15) is 18.3 Å². The lowest BCUT2D eigenvalue weighted by Gasteiger charge is -2.33. The highest BCUT2D eigenvalue weighted by atomic mass is 35.5. The highest BCUT2D eigenvalue weighted by molar-refractivity contribution is 6.31. The molecule has 2 saturated carbocycles. The molecule has 1 aromatic rings. The molecule has 0 amide bonds. The molecule has 20 heavy (non-hydrogen) atoms. The van der Waals surface area contributed by atoms with E-state index in [4.69, 9.17) is 17.3 Å². The topological polar surface area (TPSA) is 46.2 Å². The van der Waals surface area contributed by atoms with E-state index >= 15 is 0 Å². The second kappa shape index (κ2) is 4.28. The van der Waals surface area contributed by atoms with Crippen molar-refractivity contribution in [2.45, 2.75) is 43.8 Å². The number of fused-ring (bicyclic) bond motifs is 2. The molecular formula is C14H15ClF3NO. The van der Waals surface area contributed by atoms with E-state index in [-0.39, 0.29) is 11.4 Å². The third-order valence-electron chi connectivity index (χ3n) is 4.95. The van der Waals surface area contributed by atoms with Crippen LogP contribution in [-0.2, 0) is 0 Å². The van der Waals surface area contributed by atoms with Gasteiger partial charge in [0, 0.05) is 17.7 Å². The van der Waals surface area contributed by atoms with Gasteiger partial charge in [0.1, 0.15) is 11.5 Å². The van der Waals surface area contributed by atoms with Crippen molar-refractivity contribution in [3.63, 3.8) is 0 Å². The summed E-state index contributed by atoms with van der Waals surface area (Å²) in [5, 5.41) is 9.08. The van der Waals surface area contributed by atoms with E-state index in [2.05, 4.69) is 0 Å². The van der Waals surface area contributed by atoms with Crippen molar-refractivity contribution in [3.05, 3.63) is 28.3 Å².